The molecule has 0 saturated heterocycles. The van der Waals surface area contributed by atoms with E-state index in [0.717, 1.165) is 14.9 Å². The molecule has 0 saturated carbocycles. The number of benzene rings is 2. The minimum absolute atomic E-state index is 0.165. The van der Waals surface area contributed by atoms with Gasteiger partial charge in [0.25, 0.3) is 5.91 Å². The zero-order chi connectivity index (χ0) is 17.4. The van der Waals surface area contributed by atoms with E-state index < -0.39 is 12.1 Å². The van der Waals surface area contributed by atoms with Crippen LogP contribution in [-0.4, -0.2) is 23.7 Å². The number of amides is 1. The third-order valence-electron chi connectivity index (χ3n) is 3.16. The number of ether oxygens (including phenoxy) is 1. The molecular formula is C18H18BrNO3S. The van der Waals surface area contributed by atoms with Gasteiger partial charge in [0.2, 0.25) is 0 Å². The molecule has 0 heterocycles. The van der Waals surface area contributed by atoms with E-state index in [1.165, 1.54) is 11.8 Å². The summed E-state index contributed by atoms with van der Waals surface area (Å²) in [7, 11) is 0. The Kier molecular flexibility index (Phi) is 7.34. The number of hydrogen-bond donors (Lipinski definition) is 1. The van der Waals surface area contributed by atoms with Crippen LogP contribution >= 0.6 is 27.7 Å². The molecule has 0 aliphatic heterocycles. The molecule has 0 bridgehead atoms. The monoisotopic (exact) mass is 407 g/mol. The molecule has 0 aromatic heterocycles. The largest absolute Gasteiger partial charge is 0.452 e. The second-order valence-electron chi connectivity index (χ2n) is 5.08. The SMILES string of the molecule is C[C@@H](OC(=O)CSc1ccc(Br)cc1)C(=O)NCc1ccccc1. The molecule has 4 nitrogen and oxygen atoms in total. The summed E-state index contributed by atoms with van der Waals surface area (Å²) in [5, 5.41) is 2.76. The van der Waals surface area contributed by atoms with Crippen molar-refractivity contribution in [2.75, 3.05) is 5.75 Å². The summed E-state index contributed by atoms with van der Waals surface area (Å²) in [5.41, 5.74) is 0.996. The topological polar surface area (TPSA) is 55.4 Å². The van der Waals surface area contributed by atoms with Gasteiger partial charge < -0.3 is 10.1 Å². The van der Waals surface area contributed by atoms with Crippen molar-refractivity contribution in [3.63, 3.8) is 0 Å². The van der Waals surface area contributed by atoms with Gasteiger partial charge in [0.15, 0.2) is 6.10 Å². The van der Waals surface area contributed by atoms with Crippen molar-refractivity contribution in [2.24, 2.45) is 0 Å². The number of esters is 1. The van der Waals surface area contributed by atoms with Crippen molar-refractivity contribution < 1.29 is 14.3 Å². The fourth-order valence-electron chi connectivity index (χ4n) is 1.89. The molecule has 0 aliphatic carbocycles. The second-order valence-corrected chi connectivity index (χ2v) is 7.04. The van der Waals surface area contributed by atoms with Crippen LogP contribution in [0, 0.1) is 0 Å². The molecule has 2 rings (SSSR count). The van der Waals surface area contributed by atoms with Crippen molar-refractivity contribution in [2.45, 2.75) is 24.5 Å². The normalized spacial score (nSPS) is 11.6. The van der Waals surface area contributed by atoms with Crippen LogP contribution in [-0.2, 0) is 20.9 Å². The van der Waals surface area contributed by atoms with Gasteiger partial charge in [-0.2, -0.15) is 0 Å². The molecule has 1 N–H and O–H groups in total. The van der Waals surface area contributed by atoms with E-state index in [0.29, 0.717) is 6.54 Å². The first kappa shape index (κ1) is 18.5. The predicted molar refractivity (Wildman–Crippen MR) is 98.7 cm³/mol. The lowest BCUT2D eigenvalue weighted by Crippen LogP contribution is -2.35. The van der Waals surface area contributed by atoms with Crippen LogP contribution in [0.15, 0.2) is 64.0 Å². The average molecular weight is 408 g/mol. The first-order chi connectivity index (χ1) is 11.5. The van der Waals surface area contributed by atoms with Crippen LogP contribution in [0.2, 0.25) is 0 Å². The first-order valence-corrected chi connectivity index (χ1v) is 9.22. The Morgan fingerprint density at radius 3 is 2.46 bits per heavy atom. The van der Waals surface area contributed by atoms with Crippen molar-refractivity contribution in [1.82, 2.24) is 5.32 Å². The number of hydrogen-bond acceptors (Lipinski definition) is 4. The molecule has 0 fully saturated rings. The Morgan fingerprint density at radius 1 is 1.12 bits per heavy atom. The van der Waals surface area contributed by atoms with Crippen LogP contribution < -0.4 is 5.32 Å². The summed E-state index contributed by atoms with van der Waals surface area (Å²) in [6.07, 6.45) is -0.813. The summed E-state index contributed by atoms with van der Waals surface area (Å²) in [6, 6.07) is 17.2. The minimum Gasteiger partial charge on any atom is -0.452 e. The molecule has 0 aliphatic rings. The Balaban J connectivity index is 1.72. The molecule has 0 spiro atoms. The number of rotatable bonds is 7. The van der Waals surface area contributed by atoms with Crippen LogP contribution in [0.4, 0.5) is 0 Å². The fraction of sp³-hybridized carbons (Fsp3) is 0.222. The highest BCUT2D eigenvalue weighted by molar-refractivity contribution is 9.10. The Labute approximate surface area is 154 Å². The number of thioether (sulfide) groups is 1. The van der Waals surface area contributed by atoms with Gasteiger partial charge in [-0.15, -0.1) is 11.8 Å². The standard InChI is InChI=1S/C18H18BrNO3S/c1-13(18(22)20-11-14-5-3-2-4-6-14)23-17(21)12-24-16-9-7-15(19)8-10-16/h2-10,13H,11-12H2,1H3,(H,20,22)/t13-/m1/s1. The number of nitrogens with one attached hydrogen (secondary N) is 1. The fourth-order valence-corrected chi connectivity index (χ4v) is 2.83. The highest BCUT2D eigenvalue weighted by atomic mass is 79.9. The Bertz CT molecular complexity index is 676. The third-order valence-corrected chi connectivity index (χ3v) is 4.67. The van der Waals surface area contributed by atoms with Gasteiger partial charge in [0.1, 0.15) is 0 Å². The minimum atomic E-state index is -0.813. The van der Waals surface area contributed by atoms with E-state index in [-0.39, 0.29) is 11.7 Å². The van der Waals surface area contributed by atoms with Crippen molar-refractivity contribution >= 4 is 39.6 Å². The van der Waals surface area contributed by atoms with Crippen LogP contribution in [0.5, 0.6) is 0 Å². The zero-order valence-corrected chi connectivity index (χ0v) is 15.6. The van der Waals surface area contributed by atoms with E-state index >= 15 is 0 Å². The Morgan fingerprint density at radius 2 is 1.79 bits per heavy atom. The molecule has 0 unspecified atom stereocenters. The van der Waals surface area contributed by atoms with Gasteiger partial charge in [0.05, 0.1) is 5.75 Å². The maximum atomic E-state index is 12.0. The smallest absolute Gasteiger partial charge is 0.317 e. The quantitative estimate of drug-likeness (QED) is 0.560. The van der Waals surface area contributed by atoms with Gasteiger partial charge in [-0.3, -0.25) is 9.59 Å². The number of carbonyl (C=O) groups is 2. The van der Waals surface area contributed by atoms with E-state index in [4.69, 9.17) is 4.74 Å². The van der Waals surface area contributed by atoms with Crippen LogP contribution in [0.1, 0.15) is 12.5 Å². The maximum Gasteiger partial charge on any atom is 0.317 e. The summed E-state index contributed by atoms with van der Waals surface area (Å²) < 4.78 is 6.15. The summed E-state index contributed by atoms with van der Waals surface area (Å²) in [4.78, 5) is 24.8. The first-order valence-electron chi connectivity index (χ1n) is 7.44. The lowest BCUT2D eigenvalue weighted by atomic mass is 10.2. The van der Waals surface area contributed by atoms with E-state index in [9.17, 15) is 9.59 Å². The molecule has 2 aromatic carbocycles. The second kappa shape index (κ2) is 9.49. The average Bonchev–Trinajstić information content (AvgIpc) is 2.60. The van der Waals surface area contributed by atoms with Gasteiger partial charge in [-0.1, -0.05) is 46.3 Å². The molecule has 1 amide bonds. The van der Waals surface area contributed by atoms with E-state index in [1.807, 2.05) is 54.6 Å². The number of carbonyl (C=O) groups excluding carboxylic acids is 2. The molecule has 2 aromatic rings. The molecule has 24 heavy (non-hydrogen) atoms. The molecular weight excluding hydrogens is 390 g/mol. The molecule has 1 atom stereocenters. The highest BCUT2D eigenvalue weighted by Crippen LogP contribution is 2.20. The maximum absolute atomic E-state index is 12.0. The van der Waals surface area contributed by atoms with Crippen LogP contribution in [0.3, 0.4) is 0 Å². The molecule has 0 radical (unpaired) electrons. The molecule has 126 valence electrons. The highest BCUT2D eigenvalue weighted by Gasteiger charge is 2.17. The van der Waals surface area contributed by atoms with Crippen molar-refractivity contribution in [3.05, 3.63) is 64.6 Å². The number of halogens is 1. The lowest BCUT2D eigenvalue weighted by Gasteiger charge is -2.13. The van der Waals surface area contributed by atoms with E-state index in [2.05, 4.69) is 21.2 Å². The summed E-state index contributed by atoms with van der Waals surface area (Å²) in [6.45, 7) is 1.98. The summed E-state index contributed by atoms with van der Waals surface area (Å²) >= 11 is 4.73. The van der Waals surface area contributed by atoms with Gasteiger partial charge in [-0.25, -0.2) is 0 Å². The van der Waals surface area contributed by atoms with Crippen molar-refractivity contribution in [1.29, 1.82) is 0 Å². The third kappa shape index (κ3) is 6.37. The lowest BCUT2D eigenvalue weighted by molar-refractivity contribution is -0.152. The summed E-state index contributed by atoms with van der Waals surface area (Å²) in [5.74, 6) is -0.552. The van der Waals surface area contributed by atoms with E-state index in [1.54, 1.807) is 6.92 Å². The van der Waals surface area contributed by atoms with Gasteiger partial charge in [0, 0.05) is 15.9 Å². The van der Waals surface area contributed by atoms with Crippen molar-refractivity contribution in [3.8, 4) is 0 Å². The zero-order valence-electron chi connectivity index (χ0n) is 13.2. The predicted octanol–water partition coefficient (Wildman–Crippen LogP) is 3.79. The van der Waals surface area contributed by atoms with Gasteiger partial charge in [-0.05, 0) is 36.8 Å². The van der Waals surface area contributed by atoms with Crippen LogP contribution in [0.25, 0.3) is 0 Å². The van der Waals surface area contributed by atoms with Gasteiger partial charge >= 0.3 is 5.97 Å². The molecule has 6 heteroatoms. The Hall–Kier alpha value is -1.79.